The van der Waals surface area contributed by atoms with Gasteiger partial charge in [-0.15, -0.1) is 0 Å². The number of nitrogens with one attached hydrogen (secondary N) is 1. The van der Waals surface area contributed by atoms with Crippen LogP contribution in [0.2, 0.25) is 0 Å². The van der Waals surface area contributed by atoms with Crippen molar-refractivity contribution in [2.75, 3.05) is 25.2 Å². The Morgan fingerprint density at radius 3 is 2.72 bits per heavy atom. The molecule has 0 saturated carbocycles. The molecule has 0 bridgehead atoms. The summed E-state index contributed by atoms with van der Waals surface area (Å²) in [5, 5.41) is 0. The summed E-state index contributed by atoms with van der Waals surface area (Å²) < 4.78 is 10.9. The lowest BCUT2D eigenvalue weighted by molar-refractivity contribution is 0.0964. The van der Waals surface area contributed by atoms with Crippen LogP contribution in [0.3, 0.4) is 0 Å². The first-order valence-corrected chi connectivity index (χ1v) is 6.35. The third-order valence-corrected chi connectivity index (χ3v) is 2.33. The van der Waals surface area contributed by atoms with Gasteiger partial charge in [0.05, 0.1) is 6.61 Å². The summed E-state index contributed by atoms with van der Waals surface area (Å²) in [4.78, 5) is 8.43. The average molecular weight is 254 g/mol. The largest absolute Gasteiger partial charge is 0.475 e. The van der Waals surface area contributed by atoms with Crippen molar-refractivity contribution >= 4 is 5.82 Å². The van der Waals surface area contributed by atoms with Crippen LogP contribution in [-0.2, 0) is 11.2 Å². The number of hydrazine groups is 1. The number of hydrogen-bond donors (Lipinski definition) is 2. The van der Waals surface area contributed by atoms with Crippen LogP contribution in [-0.4, -0.2) is 29.8 Å². The van der Waals surface area contributed by atoms with Gasteiger partial charge in [-0.05, 0) is 6.42 Å². The average Bonchev–Trinajstić information content (AvgIpc) is 2.42. The van der Waals surface area contributed by atoms with Gasteiger partial charge in [-0.3, -0.25) is 0 Å². The summed E-state index contributed by atoms with van der Waals surface area (Å²) in [5.41, 5.74) is 2.50. The Morgan fingerprint density at radius 1 is 1.22 bits per heavy atom. The van der Waals surface area contributed by atoms with Crippen molar-refractivity contribution < 1.29 is 9.47 Å². The highest BCUT2D eigenvalue weighted by atomic mass is 16.5. The smallest absolute Gasteiger partial charge is 0.218 e. The van der Waals surface area contributed by atoms with Crippen molar-refractivity contribution in [1.82, 2.24) is 9.97 Å². The predicted molar refractivity (Wildman–Crippen MR) is 70.4 cm³/mol. The quantitative estimate of drug-likeness (QED) is 0.395. The van der Waals surface area contributed by atoms with E-state index in [-0.39, 0.29) is 0 Å². The molecular formula is C12H22N4O2. The number of nitrogen functional groups attached to an aromatic ring is 1. The molecule has 6 nitrogen and oxygen atoms in total. The number of rotatable bonds is 9. The van der Waals surface area contributed by atoms with Crippen molar-refractivity contribution in [2.45, 2.75) is 33.1 Å². The van der Waals surface area contributed by atoms with E-state index < -0.39 is 0 Å². The van der Waals surface area contributed by atoms with Crippen LogP contribution < -0.4 is 16.0 Å². The second-order valence-corrected chi connectivity index (χ2v) is 3.82. The molecule has 0 aliphatic carbocycles. The van der Waals surface area contributed by atoms with Crippen molar-refractivity contribution in [3.8, 4) is 5.88 Å². The highest BCUT2D eigenvalue weighted by Gasteiger charge is 2.03. The highest BCUT2D eigenvalue weighted by molar-refractivity contribution is 5.36. The van der Waals surface area contributed by atoms with Crippen molar-refractivity contribution in [3.05, 3.63) is 11.9 Å². The zero-order valence-corrected chi connectivity index (χ0v) is 11.1. The number of ether oxygens (including phenoxy) is 2. The summed E-state index contributed by atoms with van der Waals surface area (Å²) in [5.74, 6) is 7.11. The Bertz CT molecular complexity index is 325. The zero-order valence-electron chi connectivity index (χ0n) is 11.1. The van der Waals surface area contributed by atoms with E-state index in [2.05, 4.69) is 22.3 Å². The molecule has 18 heavy (non-hydrogen) atoms. The number of unbranched alkanes of at least 4 members (excludes halogenated alkanes) is 1. The molecule has 1 aromatic heterocycles. The molecule has 0 spiro atoms. The first-order chi connectivity index (χ1) is 8.80. The standard InChI is InChI=1S/C12H22N4O2/c1-3-5-6-17-7-8-18-12-9-11(16-13)14-10(4-2)15-12/h9H,3-8,13H2,1-2H3,(H,14,15,16). The molecule has 0 aromatic carbocycles. The van der Waals surface area contributed by atoms with Gasteiger partial charge in [0.2, 0.25) is 5.88 Å². The van der Waals surface area contributed by atoms with Crippen molar-refractivity contribution in [3.63, 3.8) is 0 Å². The van der Waals surface area contributed by atoms with Gasteiger partial charge in [-0.1, -0.05) is 20.3 Å². The maximum absolute atomic E-state index is 5.50. The molecule has 1 rings (SSSR count). The molecule has 0 aliphatic heterocycles. The van der Waals surface area contributed by atoms with Crippen LogP contribution in [0.4, 0.5) is 5.82 Å². The molecule has 0 atom stereocenters. The van der Waals surface area contributed by atoms with Crippen molar-refractivity contribution in [2.24, 2.45) is 5.84 Å². The first kappa shape index (κ1) is 14.7. The fourth-order valence-corrected chi connectivity index (χ4v) is 1.33. The van der Waals surface area contributed by atoms with Crippen LogP contribution in [0.15, 0.2) is 6.07 Å². The van der Waals surface area contributed by atoms with Crippen molar-refractivity contribution in [1.29, 1.82) is 0 Å². The Kier molecular flexibility index (Phi) is 7.05. The van der Waals surface area contributed by atoms with Gasteiger partial charge in [0.1, 0.15) is 18.2 Å². The summed E-state index contributed by atoms with van der Waals surface area (Å²) in [6.07, 6.45) is 2.95. The molecule has 0 radical (unpaired) electrons. The second kappa shape index (κ2) is 8.66. The van der Waals surface area contributed by atoms with E-state index in [9.17, 15) is 0 Å². The molecule has 0 amide bonds. The molecule has 0 fully saturated rings. The minimum atomic E-state index is 0.480. The van der Waals surface area contributed by atoms with Gasteiger partial charge in [-0.25, -0.2) is 10.8 Å². The van der Waals surface area contributed by atoms with E-state index in [0.717, 1.165) is 25.9 Å². The predicted octanol–water partition coefficient (Wildman–Crippen LogP) is 1.52. The lowest BCUT2D eigenvalue weighted by Crippen LogP contribution is -2.13. The summed E-state index contributed by atoms with van der Waals surface area (Å²) in [6.45, 7) is 5.94. The number of nitrogens with two attached hydrogens (primary N) is 1. The maximum atomic E-state index is 5.50. The molecule has 1 heterocycles. The van der Waals surface area contributed by atoms with Crippen LogP contribution in [0.1, 0.15) is 32.5 Å². The topological polar surface area (TPSA) is 82.3 Å². The molecule has 6 heteroatoms. The molecule has 0 aliphatic rings. The van der Waals surface area contributed by atoms with E-state index in [1.165, 1.54) is 0 Å². The van der Waals surface area contributed by atoms with Gasteiger partial charge in [0.15, 0.2) is 0 Å². The van der Waals surface area contributed by atoms with Crippen LogP contribution in [0.25, 0.3) is 0 Å². The lowest BCUT2D eigenvalue weighted by atomic mass is 10.4. The zero-order chi connectivity index (χ0) is 13.2. The van der Waals surface area contributed by atoms with E-state index in [4.69, 9.17) is 15.3 Å². The van der Waals surface area contributed by atoms with Gasteiger partial charge in [-0.2, -0.15) is 4.98 Å². The minimum Gasteiger partial charge on any atom is -0.475 e. The second-order valence-electron chi connectivity index (χ2n) is 3.82. The third kappa shape index (κ3) is 5.29. The number of aryl methyl sites for hydroxylation is 1. The number of hydrogen-bond acceptors (Lipinski definition) is 6. The SMILES string of the molecule is CCCCOCCOc1cc(NN)nc(CC)n1. The molecule has 1 aromatic rings. The normalized spacial score (nSPS) is 10.4. The Balaban J connectivity index is 2.36. The maximum Gasteiger partial charge on any atom is 0.218 e. The summed E-state index contributed by atoms with van der Waals surface area (Å²) >= 11 is 0. The molecule has 102 valence electrons. The number of anilines is 1. The van der Waals surface area contributed by atoms with Gasteiger partial charge in [0.25, 0.3) is 0 Å². The third-order valence-electron chi connectivity index (χ3n) is 2.33. The molecular weight excluding hydrogens is 232 g/mol. The van der Waals surface area contributed by atoms with Crippen LogP contribution in [0.5, 0.6) is 5.88 Å². The Hall–Kier alpha value is -1.40. The summed E-state index contributed by atoms with van der Waals surface area (Å²) in [6, 6.07) is 1.67. The first-order valence-electron chi connectivity index (χ1n) is 6.35. The van der Waals surface area contributed by atoms with Crippen LogP contribution >= 0.6 is 0 Å². The van der Waals surface area contributed by atoms with Crippen LogP contribution in [0, 0.1) is 0 Å². The van der Waals surface area contributed by atoms with E-state index in [1.807, 2.05) is 6.92 Å². The lowest BCUT2D eigenvalue weighted by Gasteiger charge is -2.08. The fraction of sp³-hybridized carbons (Fsp3) is 0.667. The molecule has 0 unspecified atom stereocenters. The van der Waals surface area contributed by atoms with Gasteiger partial charge in [0, 0.05) is 19.1 Å². The van der Waals surface area contributed by atoms with Gasteiger partial charge >= 0.3 is 0 Å². The molecule has 3 N–H and O–H groups in total. The minimum absolute atomic E-state index is 0.480. The Morgan fingerprint density at radius 2 is 2.06 bits per heavy atom. The van der Waals surface area contributed by atoms with E-state index in [1.54, 1.807) is 6.07 Å². The number of nitrogens with zero attached hydrogens (tertiary/aromatic N) is 2. The monoisotopic (exact) mass is 254 g/mol. The van der Waals surface area contributed by atoms with E-state index in [0.29, 0.717) is 30.7 Å². The number of aromatic nitrogens is 2. The summed E-state index contributed by atoms with van der Waals surface area (Å²) in [7, 11) is 0. The Labute approximate surface area is 108 Å². The van der Waals surface area contributed by atoms with E-state index >= 15 is 0 Å². The van der Waals surface area contributed by atoms with Gasteiger partial charge < -0.3 is 14.9 Å². The molecule has 0 saturated heterocycles. The fourth-order valence-electron chi connectivity index (χ4n) is 1.33. The highest BCUT2D eigenvalue weighted by Crippen LogP contribution is 2.12.